The molecule has 1 atom stereocenters. The van der Waals surface area contributed by atoms with Gasteiger partial charge >= 0.3 is 0 Å². The minimum Gasteiger partial charge on any atom is -0.321 e. The molecule has 0 bridgehead atoms. The summed E-state index contributed by atoms with van der Waals surface area (Å²) >= 11 is 0. The molecule has 0 spiro atoms. The first kappa shape index (κ1) is 16.4. The predicted octanol–water partition coefficient (Wildman–Crippen LogP) is 2.40. The van der Waals surface area contributed by atoms with E-state index in [2.05, 4.69) is 27.3 Å². The molecule has 6 heteroatoms. The van der Waals surface area contributed by atoms with Crippen LogP contribution < -0.4 is 10.9 Å². The molecule has 1 aliphatic rings. The Bertz CT molecular complexity index is 734. The number of benzene rings is 1. The van der Waals surface area contributed by atoms with Crippen LogP contribution in [0.25, 0.3) is 0 Å². The zero-order valence-electron chi connectivity index (χ0n) is 13.8. The summed E-state index contributed by atoms with van der Waals surface area (Å²) in [5, 5.41) is 8.75. The number of amides is 1. The van der Waals surface area contributed by atoms with E-state index >= 15 is 0 Å². The van der Waals surface area contributed by atoms with Crippen molar-refractivity contribution in [3.8, 4) is 0 Å². The van der Waals surface area contributed by atoms with Crippen molar-refractivity contribution in [1.29, 1.82) is 0 Å². The second kappa shape index (κ2) is 7.40. The molecule has 6 nitrogen and oxygen atoms in total. The first-order valence-corrected chi connectivity index (χ1v) is 8.32. The standard InChI is InChI=1S/C18H22N4O2/c1-13-4-2-3-11-22(13)12-14-5-7-15(8-6-14)19-18(24)16-9-10-17(23)21-20-16/h5-10,13H,2-4,11-12H2,1H3,(H,19,24)(H,21,23)/t13-/m0/s1. The van der Waals surface area contributed by atoms with Crippen molar-refractivity contribution >= 4 is 11.6 Å². The summed E-state index contributed by atoms with van der Waals surface area (Å²) < 4.78 is 0. The summed E-state index contributed by atoms with van der Waals surface area (Å²) in [6, 6.07) is 11.2. The van der Waals surface area contributed by atoms with Gasteiger partial charge in [0.1, 0.15) is 5.69 Å². The van der Waals surface area contributed by atoms with Gasteiger partial charge in [0.15, 0.2) is 0 Å². The molecule has 2 aromatic rings. The van der Waals surface area contributed by atoms with Crippen LogP contribution in [0.1, 0.15) is 42.2 Å². The van der Waals surface area contributed by atoms with E-state index in [0.29, 0.717) is 11.7 Å². The molecule has 1 aromatic heterocycles. The van der Waals surface area contributed by atoms with Crippen LogP contribution >= 0.6 is 0 Å². The molecule has 1 amide bonds. The number of rotatable bonds is 4. The van der Waals surface area contributed by atoms with Gasteiger partial charge in [0.2, 0.25) is 0 Å². The number of likely N-dealkylation sites (tertiary alicyclic amines) is 1. The average molecular weight is 326 g/mol. The highest BCUT2D eigenvalue weighted by atomic mass is 16.2. The lowest BCUT2D eigenvalue weighted by Crippen LogP contribution is -2.36. The molecular formula is C18H22N4O2. The fraction of sp³-hybridized carbons (Fsp3) is 0.389. The van der Waals surface area contributed by atoms with Gasteiger partial charge in [-0.3, -0.25) is 14.5 Å². The van der Waals surface area contributed by atoms with Crippen LogP contribution in [-0.4, -0.2) is 33.6 Å². The van der Waals surface area contributed by atoms with Crippen LogP contribution in [0.3, 0.4) is 0 Å². The number of hydrogen-bond acceptors (Lipinski definition) is 4. The summed E-state index contributed by atoms with van der Waals surface area (Å²) in [6.45, 7) is 4.37. The van der Waals surface area contributed by atoms with E-state index in [1.165, 1.54) is 37.0 Å². The van der Waals surface area contributed by atoms with Gasteiger partial charge in [0.05, 0.1) is 0 Å². The van der Waals surface area contributed by atoms with Gasteiger partial charge in [-0.1, -0.05) is 18.6 Å². The average Bonchev–Trinajstić information content (AvgIpc) is 2.59. The van der Waals surface area contributed by atoms with E-state index < -0.39 is 0 Å². The van der Waals surface area contributed by atoms with Crippen molar-refractivity contribution in [3.63, 3.8) is 0 Å². The number of anilines is 1. The van der Waals surface area contributed by atoms with Gasteiger partial charge in [0, 0.05) is 24.3 Å². The van der Waals surface area contributed by atoms with Crippen LogP contribution in [-0.2, 0) is 6.54 Å². The Balaban J connectivity index is 1.60. The molecule has 1 fully saturated rings. The van der Waals surface area contributed by atoms with Gasteiger partial charge in [-0.15, -0.1) is 0 Å². The number of hydrogen-bond donors (Lipinski definition) is 2. The molecule has 3 rings (SSSR count). The third-order valence-corrected chi connectivity index (χ3v) is 4.45. The van der Waals surface area contributed by atoms with E-state index in [1.807, 2.05) is 24.3 Å². The molecule has 0 unspecified atom stereocenters. The fourth-order valence-corrected chi connectivity index (χ4v) is 2.99. The summed E-state index contributed by atoms with van der Waals surface area (Å²) in [7, 11) is 0. The van der Waals surface area contributed by atoms with Crippen molar-refractivity contribution in [2.24, 2.45) is 0 Å². The topological polar surface area (TPSA) is 78.1 Å². The molecule has 2 N–H and O–H groups in total. The number of carbonyl (C=O) groups is 1. The van der Waals surface area contributed by atoms with Gasteiger partial charge in [0.25, 0.3) is 11.5 Å². The number of nitrogens with one attached hydrogen (secondary N) is 2. The summed E-state index contributed by atoms with van der Waals surface area (Å²) in [5.74, 6) is -0.344. The quantitative estimate of drug-likeness (QED) is 0.904. The van der Waals surface area contributed by atoms with E-state index in [9.17, 15) is 9.59 Å². The number of nitrogens with zero attached hydrogens (tertiary/aromatic N) is 2. The van der Waals surface area contributed by atoms with E-state index in [4.69, 9.17) is 0 Å². The van der Waals surface area contributed by atoms with Gasteiger partial charge in [-0.05, 0) is 50.1 Å². The highest BCUT2D eigenvalue weighted by Gasteiger charge is 2.18. The molecule has 1 aliphatic heterocycles. The molecule has 0 radical (unpaired) electrons. The Labute approximate surface area is 140 Å². The first-order valence-electron chi connectivity index (χ1n) is 8.32. The number of piperidine rings is 1. The molecular weight excluding hydrogens is 304 g/mol. The van der Waals surface area contributed by atoms with E-state index in [0.717, 1.165) is 13.1 Å². The Morgan fingerprint density at radius 1 is 1.25 bits per heavy atom. The van der Waals surface area contributed by atoms with Crippen LogP contribution in [0.5, 0.6) is 0 Å². The number of aromatic nitrogens is 2. The monoisotopic (exact) mass is 326 g/mol. The van der Waals surface area contributed by atoms with E-state index in [1.54, 1.807) is 0 Å². The van der Waals surface area contributed by atoms with Crippen molar-refractivity contribution < 1.29 is 4.79 Å². The lowest BCUT2D eigenvalue weighted by Gasteiger charge is -2.33. The van der Waals surface area contributed by atoms with Crippen LogP contribution in [0, 0.1) is 0 Å². The zero-order valence-corrected chi connectivity index (χ0v) is 13.8. The highest BCUT2D eigenvalue weighted by Crippen LogP contribution is 2.20. The Morgan fingerprint density at radius 3 is 2.71 bits per heavy atom. The molecule has 2 heterocycles. The van der Waals surface area contributed by atoms with Gasteiger partial charge < -0.3 is 5.32 Å². The minimum absolute atomic E-state index is 0.181. The third kappa shape index (κ3) is 4.08. The van der Waals surface area contributed by atoms with Crippen molar-refractivity contribution in [2.75, 3.05) is 11.9 Å². The second-order valence-corrected chi connectivity index (χ2v) is 6.27. The van der Waals surface area contributed by atoms with Gasteiger partial charge in [-0.25, -0.2) is 5.10 Å². The number of carbonyl (C=O) groups excluding carboxylic acids is 1. The first-order chi connectivity index (χ1) is 11.6. The van der Waals surface area contributed by atoms with E-state index in [-0.39, 0.29) is 17.2 Å². The van der Waals surface area contributed by atoms with Crippen LogP contribution in [0.2, 0.25) is 0 Å². The Kier molecular flexibility index (Phi) is 5.05. The summed E-state index contributed by atoms with van der Waals surface area (Å²) in [4.78, 5) is 25.5. The normalized spacial score (nSPS) is 18.3. The third-order valence-electron chi connectivity index (χ3n) is 4.45. The molecule has 126 valence electrons. The largest absolute Gasteiger partial charge is 0.321 e. The molecule has 1 saturated heterocycles. The molecule has 24 heavy (non-hydrogen) atoms. The lowest BCUT2D eigenvalue weighted by atomic mass is 10.0. The summed E-state index contributed by atoms with van der Waals surface area (Å²) in [6.07, 6.45) is 3.85. The maximum absolute atomic E-state index is 12.1. The number of aromatic amines is 1. The van der Waals surface area contributed by atoms with Crippen LogP contribution in [0.15, 0.2) is 41.2 Å². The maximum atomic E-state index is 12.1. The zero-order chi connectivity index (χ0) is 16.9. The molecule has 0 aliphatic carbocycles. The second-order valence-electron chi connectivity index (χ2n) is 6.27. The smallest absolute Gasteiger partial charge is 0.276 e. The SMILES string of the molecule is C[C@H]1CCCCN1Cc1ccc(NC(=O)c2ccc(=O)[nH]n2)cc1. The predicted molar refractivity (Wildman–Crippen MR) is 93.0 cm³/mol. The minimum atomic E-state index is -0.344. The lowest BCUT2D eigenvalue weighted by molar-refractivity contribution is 0.102. The van der Waals surface area contributed by atoms with Crippen molar-refractivity contribution in [2.45, 2.75) is 38.8 Å². The Morgan fingerprint density at radius 2 is 2.04 bits per heavy atom. The molecule has 1 aromatic carbocycles. The van der Waals surface area contributed by atoms with Crippen molar-refractivity contribution in [3.05, 3.63) is 58.0 Å². The van der Waals surface area contributed by atoms with Gasteiger partial charge in [-0.2, -0.15) is 5.10 Å². The van der Waals surface area contributed by atoms with Crippen molar-refractivity contribution in [1.82, 2.24) is 15.1 Å². The Hall–Kier alpha value is -2.47. The number of H-pyrrole nitrogens is 1. The van der Waals surface area contributed by atoms with Crippen LogP contribution in [0.4, 0.5) is 5.69 Å². The molecule has 0 saturated carbocycles. The maximum Gasteiger partial charge on any atom is 0.276 e. The fourth-order valence-electron chi connectivity index (χ4n) is 2.99. The summed E-state index contributed by atoms with van der Waals surface area (Å²) in [5.41, 5.74) is 1.80. The highest BCUT2D eigenvalue weighted by molar-refractivity contribution is 6.02.